The predicted octanol–water partition coefficient (Wildman–Crippen LogP) is 1.25. The molecule has 19 heavy (non-hydrogen) atoms. The van der Waals surface area contributed by atoms with Crippen LogP contribution in [0.2, 0.25) is 0 Å². The molecule has 1 aromatic carbocycles. The average molecular weight is 301 g/mol. The minimum absolute atomic E-state index is 0.0121. The minimum atomic E-state index is -3.75. The molecule has 2 rings (SSSR count). The van der Waals surface area contributed by atoms with Crippen molar-refractivity contribution in [2.75, 3.05) is 29.5 Å². The quantitative estimate of drug-likeness (QED) is 0.802. The number of benzene rings is 1. The van der Waals surface area contributed by atoms with Crippen LogP contribution in [0, 0.1) is 0 Å². The molecule has 0 aliphatic carbocycles. The van der Waals surface area contributed by atoms with Crippen LogP contribution in [0.15, 0.2) is 23.1 Å². The second kappa shape index (κ2) is 4.88. The van der Waals surface area contributed by atoms with E-state index in [4.69, 9.17) is 10.9 Å². The first-order chi connectivity index (χ1) is 8.69. The summed E-state index contributed by atoms with van der Waals surface area (Å²) in [5.41, 5.74) is 6.94. The number of anilines is 2. The maximum atomic E-state index is 11.3. The van der Waals surface area contributed by atoms with Crippen LogP contribution in [0.25, 0.3) is 0 Å². The monoisotopic (exact) mass is 301 g/mol. The van der Waals surface area contributed by atoms with Gasteiger partial charge < -0.3 is 10.6 Å². The van der Waals surface area contributed by atoms with Gasteiger partial charge in [-0.25, -0.2) is 13.6 Å². The van der Waals surface area contributed by atoms with Crippen LogP contribution in [0.1, 0.15) is 13.8 Å². The van der Waals surface area contributed by atoms with Crippen LogP contribution in [-0.2, 0) is 10.0 Å². The van der Waals surface area contributed by atoms with Gasteiger partial charge in [0.25, 0.3) is 0 Å². The fourth-order valence-electron chi connectivity index (χ4n) is 2.23. The number of nitrogens with zero attached hydrogens (tertiary/aromatic N) is 1. The predicted molar refractivity (Wildman–Crippen MR) is 81.0 cm³/mol. The van der Waals surface area contributed by atoms with Crippen molar-refractivity contribution < 1.29 is 8.42 Å². The van der Waals surface area contributed by atoms with Gasteiger partial charge in [0.2, 0.25) is 10.0 Å². The van der Waals surface area contributed by atoms with Gasteiger partial charge >= 0.3 is 0 Å². The van der Waals surface area contributed by atoms with Crippen molar-refractivity contribution >= 4 is 33.2 Å². The second-order valence-corrected chi connectivity index (χ2v) is 8.63. The molecule has 106 valence electrons. The summed E-state index contributed by atoms with van der Waals surface area (Å²) in [7, 11) is -3.75. The normalized spacial score (nSPS) is 19.4. The first kappa shape index (κ1) is 14.5. The molecular formula is C12H19N3O2S2. The fraction of sp³-hybridized carbons (Fsp3) is 0.500. The molecule has 1 saturated heterocycles. The molecule has 0 bridgehead atoms. The maximum absolute atomic E-state index is 11.3. The van der Waals surface area contributed by atoms with Gasteiger partial charge in [0, 0.05) is 29.3 Å². The van der Waals surface area contributed by atoms with Crippen molar-refractivity contribution in [3.05, 3.63) is 18.2 Å². The number of sulfonamides is 1. The summed E-state index contributed by atoms with van der Waals surface area (Å²) in [5, 5.41) is 5.10. The Morgan fingerprint density at radius 1 is 1.37 bits per heavy atom. The highest BCUT2D eigenvalue weighted by molar-refractivity contribution is 8.00. The lowest BCUT2D eigenvalue weighted by Gasteiger charge is -2.39. The summed E-state index contributed by atoms with van der Waals surface area (Å²) < 4.78 is 22.8. The van der Waals surface area contributed by atoms with Crippen molar-refractivity contribution in [1.29, 1.82) is 0 Å². The third-order valence-corrected chi connectivity index (χ3v) is 5.37. The van der Waals surface area contributed by atoms with E-state index < -0.39 is 10.0 Å². The molecule has 0 atom stereocenters. The molecule has 7 heteroatoms. The van der Waals surface area contributed by atoms with Gasteiger partial charge in [0.1, 0.15) is 4.90 Å². The summed E-state index contributed by atoms with van der Waals surface area (Å²) in [6, 6.07) is 4.93. The van der Waals surface area contributed by atoms with Crippen molar-refractivity contribution in [3.63, 3.8) is 0 Å². The Bertz CT molecular complexity index is 585. The number of hydrogen-bond acceptors (Lipinski definition) is 5. The highest BCUT2D eigenvalue weighted by atomic mass is 32.2. The molecule has 4 N–H and O–H groups in total. The van der Waals surface area contributed by atoms with E-state index in [-0.39, 0.29) is 15.3 Å². The van der Waals surface area contributed by atoms with E-state index in [1.54, 1.807) is 12.1 Å². The third kappa shape index (κ3) is 3.34. The zero-order valence-corrected chi connectivity index (χ0v) is 12.7. The van der Waals surface area contributed by atoms with Crippen LogP contribution in [0.4, 0.5) is 11.4 Å². The molecule has 0 unspecified atom stereocenters. The van der Waals surface area contributed by atoms with E-state index in [9.17, 15) is 8.42 Å². The largest absolute Gasteiger partial charge is 0.398 e. The number of primary sulfonamides is 1. The van der Waals surface area contributed by atoms with Crippen LogP contribution in [0.3, 0.4) is 0 Å². The summed E-state index contributed by atoms with van der Waals surface area (Å²) in [6.07, 6.45) is 0. The van der Waals surface area contributed by atoms with Gasteiger partial charge in [0.15, 0.2) is 0 Å². The van der Waals surface area contributed by atoms with Crippen molar-refractivity contribution in [1.82, 2.24) is 0 Å². The van der Waals surface area contributed by atoms with Gasteiger partial charge in [-0.05, 0) is 32.0 Å². The van der Waals surface area contributed by atoms with E-state index in [2.05, 4.69) is 18.7 Å². The lowest BCUT2D eigenvalue weighted by atomic mass is 10.1. The van der Waals surface area contributed by atoms with E-state index >= 15 is 0 Å². The zero-order valence-electron chi connectivity index (χ0n) is 11.1. The smallest absolute Gasteiger partial charge is 0.240 e. The first-order valence-corrected chi connectivity index (χ1v) is 8.53. The highest BCUT2D eigenvalue weighted by Gasteiger charge is 2.27. The van der Waals surface area contributed by atoms with Crippen LogP contribution < -0.4 is 15.8 Å². The second-order valence-electron chi connectivity index (χ2n) is 5.30. The zero-order chi connectivity index (χ0) is 14.3. The number of hydrogen-bond donors (Lipinski definition) is 2. The van der Waals surface area contributed by atoms with Gasteiger partial charge in [-0.15, -0.1) is 0 Å². The Labute approximate surface area is 118 Å². The van der Waals surface area contributed by atoms with Crippen LogP contribution in [0.5, 0.6) is 0 Å². The summed E-state index contributed by atoms with van der Waals surface area (Å²) in [5.74, 6) is 1.05. The lowest BCUT2D eigenvalue weighted by Crippen LogP contribution is -2.43. The minimum Gasteiger partial charge on any atom is -0.398 e. The molecule has 1 aromatic rings. The van der Waals surface area contributed by atoms with E-state index in [0.717, 1.165) is 24.5 Å². The number of nitrogen functional groups attached to an aromatic ring is 1. The highest BCUT2D eigenvalue weighted by Crippen LogP contribution is 2.33. The Kier molecular flexibility index (Phi) is 3.72. The van der Waals surface area contributed by atoms with E-state index in [1.165, 1.54) is 6.07 Å². The van der Waals surface area contributed by atoms with Gasteiger partial charge in [0.05, 0.1) is 5.69 Å². The Morgan fingerprint density at radius 2 is 2.05 bits per heavy atom. The molecule has 0 amide bonds. The maximum Gasteiger partial charge on any atom is 0.240 e. The van der Waals surface area contributed by atoms with Crippen LogP contribution in [-0.4, -0.2) is 32.0 Å². The topological polar surface area (TPSA) is 89.4 Å². The van der Waals surface area contributed by atoms with Gasteiger partial charge in [-0.2, -0.15) is 11.8 Å². The molecule has 0 aromatic heterocycles. The van der Waals surface area contributed by atoms with Crippen molar-refractivity contribution in [2.45, 2.75) is 23.5 Å². The molecule has 0 radical (unpaired) electrons. The van der Waals surface area contributed by atoms with Gasteiger partial charge in [-0.1, -0.05) is 0 Å². The summed E-state index contributed by atoms with van der Waals surface area (Å²) in [6.45, 7) is 6.24. The Morgan fingerprint density at radius 3 is 2.58 bits per heavy atom. The number of rotatable bonds is 2. The molecular weight excluding hydrogens is 282 g/mol. The molecule has 1 aliphatic rings. The molecule has 0 spiro atoms. The first-order valence-electron chi connectivity index (χ1n) is 6.00. The Balaban J connectivity index is 2.30. The Hall–Kier alpha value is -0.920. The van der Waals surface area contributed by atoms with Crippen molar-refractivity contribution in [2.24, 2.45) is 5.14 Å². The molecule has 1 aliphatic heterocycles. The SMILES string of the molecule is CC1(C)CN(c2ccc(S(N)(=O)=O)c(N)c2)CCS1. The molecule has 1 heterocycles. The van der Waals surface area contributed by atoms with Crippen molar-refractivity contribution in [3.8, 4) is 0 Å². The van der Waals surface area contributed by atoms with E-state index in [1.807, 2.05) is 11.8 Å². The molecule has 0 saturated carbocycles. The molecule has 5 nitrogen and oxygen atoms in total. The molecule has 1 fully saturated rings. The summed E-state index contributed by atoms with van der Waals surface area (Å²) in [4.78, 5) is 2.21. The standard InChI is InChI=1S/C12H19N3O2S2/c1-12(2)8-15(5-6-18-12)9-3-4-11(10(13)7-9)19(14,16)17/h3-4,7H,5-6,8,13H2,1-2H3,(H2,14,16,17). The number of nitrogens with two attached hydrogens (primary N) is 2. The summed E-state index contributed by atoms with van der Waals surface area (Å²) >= 11 is 1.94. The lowest BCUT2D eigenvalue weighted by molar-refractivity contribution is 0.598. The third-order valence-electron chi connectivity index (χ3n) is 3.09. The van der Waals surface area contributed by atoms with Crippen LogP contribution >= 0.6 is 11.8 Å². The van der Waals surface area contributed by atoms with E-state index in [0.29, 0.717) is 0 Å². The average Bonchev–Trinajstić information content (AvgIpc) is 2.25. The number of thioether (sulfide) groups is 1. The fourth-order valence-corrected chi connectivity index (χ4v) is 3.99. The van der Waals surface area contributed by atoms with Gasteiger partial charge in [-0.3, -0.25) is 0 Å².